The van der Waals surface area contributed by atoms with Gasteiger partial charge in [0, 0.05) is 43.2 Å². The van der Waals surface area contributed by atoms with E-state index in [0.717, 1.165) is 37.1 Å². The quantitative estimate of drug-likeness (QED) is 0.751. The van der Waals surface area contributed by atoms with E-state index in [1.54, 1.807) is 4.90 Å². The van der Waals surface area contributed by atoms with Crippen molar-refractivity contribution in [1.29, 1.82) is 0 Å². The lowest BCUT2D eigenvalue weighted by molar-refractivity contribution is -0.136. The predicted octanol–water partition coefficient (Wildman–Crippen LogP) is 1.29. The minimum Gasteiger partial charge on any atom is -0.327 e. The van der Waals surface area contributed by atoms with E-state index in [4.69, 9.17) is 5.73 Å². The Hall–Kier alpha value is -2.25. The third-order valence-corrected chi connectivity index (χ3v) is 7.43. The van der Waals surface area contributed by atoms with Crippen molar-refractivity contribution in [2.24, 2.45) is 5.73 Å². The van der Waals surface area contributed by atoms with Crippen molar-refractivity contribution in [2.75, 3.05) is 6.54 Å². The average Bonchev–Trinajstić information content (AvgIpc) is 2.99. The first-order valence-electron chi connectivity index (χ1n) is 10.7. The third kappa shape index (κ3) is 3.07. The number of nitrogens with two attached hydrogens (primary N) is 1. The number of nitrogens with zero attached hydrogens (tertiary/aromatic N) is 2. The fourth-order valence-electron chi connectivity index (χ4n) is 5.57. The number of hydrogen-bond donors (Lipinski definition) is 2. The van der Waals surface area contributed by atoms with Gasteiger partial charge in [-0.1, -0.05) is 12.1 Å². The highest BCUT2D eigenvalue weighted by molar-refractivity contribution is 6.05. The minimum atomic E-state index is -0.568. The minimum absolute atomic E-state index is 0.106. The number of benzene rings is 1. The zero-order chi connectivity index (χ0) is 20.2. The first-order chi connectivity index (χ1) is 14.0. The maximum atomic E-state index is 13.0. The van der Waals surface area contributed by atoms with Gasteiger partial charge in [-0.25, -0.2) is 0 Å². The van der Waals surface area contributed by atoms with Gasteiger partial charge in [-0.15, -0.1) is 0 Å². The van der Waals surface area contributed by atoms with E-state index in [2.05, 4.69) is 16.3 Å². The highest BCUT2D eigenvalue weighted by Crippen LogP contribution is 2.45. The number of likely N-dealkylation sites (tertiary alicyclic amines) is 1. The van der Waals surface area contributed by atoms with Gasteiger partial charge >= 0.3 is 0 Å². The Morgan fingerprint density at radius 3 is 2.69 bits per heavy atom. The molecular formula is C22H28N4O3. The summed E-state index contributed by atoms with van der Waals surface area (Å²) < 4.78 is 0. The number of carbonyl (C=O) groups is 3. The lowest BCUT2D eigenvalue weighted by Gasteiger charge is -2.55. The molecule has 1 aromatic rings. The molecule has 3 aliphatic heterocycles. The largest absolute Gasteiger partial charge is 0.327 e. The first-order valence-corrected chi connectivity index (χ1v) is 10.7. The van der Waals surface area contributed by atoms with Crippen molar-refractivity contribution < 1.29 is 14.4 Å². The van der Waals surface area contributed by atoms with E-state index in [0.29, 0.717) is 18.5 Å². The van der Waals surface area contributed by atoms with E-state index in [1.807, 2.05) is 12.1 Å². The summed E-state index contributed by atoms with van der Waals surface area (Å²) in [6.45, 7) is 2.13. The maximum Gasteiger partial charge on any atom is 0.255 e. The van der Waals surface area contributed by atoms with Gasteiger partial charge in [0.15, 0.2) is 0 Å². The molecule has 1 saturated carbocycles. The summed E-state index contributed by atoms with van der Waals surface area (Å²) in [5, 5.41) is 2.37. The second kappa shape index (κ2) is 6.92. The highest BCUT2D eigenvalue weighted by Gasteiger charge is 2.46. The number of nitrogens with one attached hydrogen (secondary N) is 1. The molecule has 1 aromatic carbocycles. The van der Waals surface area contributed by atoms with Crippen LogP contribution in [0.4, 0.5) is 0 Å². The molecule has 0 radical (unpaired) electrons. The molecule has 3 heterocycles. The molecule has 7 heteroatoms. The van der Waals surface area contributed by atoms with Crippen LogP contribution in [0, 0.1) is 0 Å². The summed E-state index contributed by atoms with van der Waals surface area (Å²) in [6.07, 6.45) is 6.66. The summed E-state index contributed by atoms with van der Waals surface area (Å²) >= 11 is 0. The van der Waals surface area contributed by atoms with Crippen molar-refractivity contribution in [3.63, 3.8) is 0 Å². The summed E-state index contributed by atoms with van der Waals surface area (Å²) in [6, 6.07) is 5.54. The summed E-state index contributed by atoms with van der Waals surface area (Å²) in [4.78, 5) is 41.0. The van der Waals surface area contributed by atoms with Gasteiger partial charge in [0.25, 0.3) is 5.91 Å². The molecule has 7 nitrogen and oxygen atoms in total. The summed E-state index contributed by atoms with van der Waals surface area (Å²) in [7, 11) is 0. The monoisotopic (exact) mass is 396 g/mol. The average molecular weight is 396 g/mol. The molecule has 2 saturated heterocycles. The predicted molar refractivity (Wildman–Crippen MR) is 107 cm³/mol. The molecule has 5 rings (SSSR count). The van der Waals surface area contributed by atoms with E-state index in [-0.39, 0.29) is 35.7 Å². The highest BCUT2D eigenvalue weighted by atomic mass is 16.2. The van der Waals surface area contributed by atoms with Crippen LogP contribution in [0.5, 0.6) is 0 Å². The second-order valence-corrected chi connectivity index (χ2v) is 9.10. The number of carbonyl (C=O) groups excluding carboxylic acids is 3. The van der Waals surface area contributed by atoms with Crippen LogP contribution in [0.15, 0.2) is 18.2 Å². The normalized spacial score (nSPS) is 29.0. The molecule has 3 N–H and O–H groups in total. The Labute approximate surface area is 170 Å². The lowest BCUT2D eigenvalue weighted by atomic mass is 9.69. The van der Waals surface area contributed by atoms with Gasteiger partial charge in [-0.3, -0.25) is 24.6 Å². The van der Waals surface area contributed by atoms with Crippen LogP contribution in [0.2, 0.25) is 0 Å². The first kappa shape index (κ1) is 18.8. The van der Waals surface area contributed by atoms with E-state index in [9.17, 15) is 14.4 Å². The second-order valence-electron chi connectivity index (χ2n) is 9.10. The molecule has 3 amide bonds. The zero-order valence-electron chi connectivity index (χ0n) is 16.7. The Kier molecular flexibility index (Phi) is 4.47. The topological polar surface area (TPSA) is 95.7 Å². The number of amides is 3. The molecule has 29 heavy (non-hydrogen) atoms. The lowest BCUT2D eigenvalue weighted by Crippen LogP contribution is -2.60. The van der Waals surface area contributed by atoms with Crippen molar-refractivity contribution in [3.05, 3.63) is 34.9 Å². The van der Waals surface area contributed by atoms with Crippen LogP contribution in [-0.4, -0.2) is 51.7 Å². The molecule has 2 unspecified atom stereocenters. The number of piperidine rings is 2. The molecule has 154 valence electrons. The van der Waals surface area contributed by atoms with Gasteiger partial charge < -0.3 is 10.6 Å². The van der Waals surface area contributed by atoms with Crippen LogP contribution in [-0.2, 0) is 22.7 Å². The van der Waals surface area contributed by atoms with Gasteiger partial charge in [0.1, 0.15) is 6.04 Å². The molecule has 0 aromatic heterocycles. The Balaban J connectivity index is 1.39. The van der Waals surface area contributed by atoms with Crippen LogP contribution >= 0.6 is 0 Å². The maximum absolute atomic E-state index is 13.0. The molecule has 1 aliphatic carbocycles. The van der Waals surface area contributed by atoms with Gasteiger partial charge in [-0.2, -0.15) is 0 Å². The van der Waals surface area contributed by atoms with Gasteiger partial charge in [-0.05, 0) is 55.7 Å². The Bertz CT molecular complexity index is 879. The zero-order valence-corrected chi connectivity index (χ0v) is 16.7. The van der Waals surface area contributed by atoms with E-state index in [1.165, 1.54) is 19.3 Å². The van der Waals surface area contributed by atoms with E-state index >= 15 is 0 Å². The number of rotatable bonds is 3. The van der Waals surface area contributed by atoms with Crippen molar-refractivity contribution in [1.82, 2.24) is 15.1 Å². The number of hydrogen-bond acceptors (Lipinski definition) is 5. The van der Waals surface area contributed by atoms with Crippen molar-refractivity contribution in [3.8, 4) is 0 Å². The van der Waals surface area contributed by atoms with Crippen LogP contribution in [0.25, 0.3) is 0 Å². The molecule has 1 spiro atoms. The standard InChI is InChI=1S/C22H28N4O3/c23-15-7-10-22(8-2-9-22)25(12-15)11-14-3-1-4-16-17(14)13-26(21(16)29)18-5-6-19(27)24-20(18)28/h1,3-4,15,18H,2,5-13,23H2,(H,24,27,28). The van der Waals surface area contributed by atoms with Crippen LogP contribution < -0.4 is 11.1 Å². The third-order valence-electron chi connectivity index (χ3n) is 7.43. The molecular weight excluding hydrogens is 368 g/mol. The molecule has 0 bridgehead atoms. The molecule has 4 aliphatic rings. The van der Waals surface area contributed by atoms with Gasteiger partial charge in [0.2, 0.25) is 11.8 Å². The van der Waals surface area contributed by atoms with Gasteiger partial charge in [0.05, 0.1) is 0 Å². The fourth-order valence-corrected chi connectivity index (χ4v) is 5.57. The Morgan fingerprint density at radius 2 is 1.97 bits per heavy atom. The number of imide groups is 1. The number of fused-ring (bicyclic) bond motifs is 1. The SMILES string of the molecule is NC1CCC2(CCC2)N(Cc2cccc3c2CN(C2CCC(=O)NC2=O)C3=O)C1. The Morgan fingerprint density at radius 1 is 1.14 bits per heavy atom. The van der Waals surface area contributed by atoms with Crippen LogP contribution in [0.3, 0.4) is 0 Å². The summed E-state index contributed by atoms with van der Waals surface area (Å²) in [5.74, 6) is -0.729. The van der Waals surface area contributed by atoms with Crippen molar-refractivity contribution >= 4 is 17.7 Å². The molecule has 2 atom stereocenters. The van der Waals surface area contributed by atoms with Crippen molar-refractivity contribution in [2.45, 2.75) is 75.7 Å². The van der Waals surface area contributed by atoms with Crippen LogP contribution in [0.1, 0.15) is 66.4 Å². The molecule has 3 fully saturated rings. The summed E-state index contributed by atoms with van der Waals surface area (Å²) in [5.41, 5.74) is 9.44. The van der Waals surface area contributed by atoms with E-state index < -0.39 is 6.04 Å². The fraction of sp³-hybridized carbons (Fsp3) is 0.591. The smallest absolute Gasteiger partial charge is 0.255 e.